The number of anilines is 1. The summed E-state index contributed by atoms with van der Waals surface area (Å²) < 4.78 is 3.18. The number of nitrogens with one attached hydrogen (secondary N) is 1. The van der Waals surface area contributed by atoms with Gasteiger partial charge in [-0.05, 0) is 37.5 Å². The smallest absolute Gasteiger partial charge is 0.133 e. The van der Waals surface area contributed by atoms with Gasteiger partial charge in [-0.1, -0.05) is 28.4 Å². The molecule has 0 radical (unpaired) electrons. The summed E-state index contributed by atoms with van der Waals surface area (Å²) in [4.78, 5) is 0. The van der Waals surface area contributed by atoms with E-state index in [1.807, 2.05) is 6.07 Å². The molecule has 0 bridgehead atoms. The van der Waals surface area contributed by atoms with Gasteiger partial charge in [0.15, 0.2) is 0 Å². The first kappa shape index (κ1) is 11.5. The Hall–Kier alpha value is -1.29. The van der Waals surface area contributed by atoms with Gasteiger partial charge in [0.05, 0.1) is 11.4 Å². The van der Waals surface area contributed by atoms with Gasteiger partial charge in [0, 0.05) is 22.5 Å². The summed E-state index contributed by atoms with van der Waals surface area (Å²) in [5.74, 6) is 1.90. The summed E-state index contributed by atoms with van der Waals surface area (Å²) in [7, 11) is 0. The number of rotatable bonds is 2. The highest BCUT2D eigenvalue weighted by Gasteiger charge is 2.30. The number of hydrogen-bond acceptors (Lipinski definition) is 2. The predicted octanol–water partition coefficient (Wildman–Crippen LogP) is 3.87. The Morgan fingerprint density at radius 3 is 2.95 bits per heavy atom. The molecular formula is C15H16BrN3. The van der Waals surface area contributed by atoms with Crippen LogP contribution in [-0.2, 0) is 6.42 Å². The van der Waals surface area contributed by atoms with E-state index in [1.165, 1.54) is 36.3 Å². The van der Waals surface area contributed by atoms with E-state index in [-0.39, 0.29) is 0 Å². The summed E-state index contributed by atoms with van der Waals surface area (Å²) in [6.45, 7) is 1.04. The van der Waals surface area contributed by atoms with Crippen molar-refractivity contribution in [1.82, 2.24) is 9.78 Å². The van der Waals surface area contributed by atoms with Crippen LogP contribution in [0.4, 0.5) is 5.82 Å². The van der Waals surface area contributed by atoms with Crippen molar-refractivity contribution >= 4 is 21.7 Å². The fourth-order valence-electron chi connectivity index (χ4n) is 3.01. The molecule has 2 aliphatic rings. The standard InChI is InChI=1S/C15H16BrN3/c16-11-5-2-6-12(9-11)19-15-13(7-8-17-15)14(18-19)10-3-1-4-10/h2,5-6,9-10,17H,1,3-4,7-8H2. The van der Waals surface area contributed by atoms with Crippen LogP contribution in [0.2, 0.25) is 0 Å². The van der Waals surface area contributed by atoms with Crippen molar-refractivity contribution < 1.29 is 0 Å². The monoisotopic (exact) mass is 317 g/mol. The van der Waals surface area contributed by atoms with Crippen LogP contribution in [0.15, 0.2) is 28.7 Å². The Morgan fingerprint density at radius 2 is 2.21 bits per heavy atom. The molecule has 1 fully saturated rings. The zero-order valence-corrected chi connectivity index (χ0v) is 12.3. The molecular weight excluding hydrogens is 302 g/mol. The van der Waals surface area contributed by atoms with Gasteiger partial charge >= 0.3 is 0 Å². The Morgan fingerprint density at radius 1 is 1.32 bits per heavy atom. The molecule has 0 unspecified atom stereocenters. The van der Waals surface area contributed by atoms with E-state index in [2.05, 4.69) is 44.1 Å². The quantitative estimate of drug-likeness (QED) is 0.911. The molecule has 0 amide bonds. The molecule has 1 aromatic heterocycles. The van der Waals surface area contributed by atoms with Crippen LogP contribution in [-0.4, -0.2) is 16.3 Å². The molecule has 0 saturated heterocycles. The third-order valence-electron chi connectivity index (χ3n) is 4.23. The predicted molar refractivity (Wildman–Crippen MR) is 80.0 cm³/mol. The van der Waals surface area contributed by atoms with Crippen molar-refractivity contribution in [2.75, 3.05) is 11.9 Å². The number of aromatic nitrogens is 2. The van der Waals surface area contributed by atoms with Crippen LogP contribution in [0.1, 0.15) is 36.4 Å². The van der Waals surface area contributed by atoms with Crippen LogP contribution in [0.3, 0.4) is 0 Å². The lowest BCUT2D eigenvalue weighted by molar-refractivity contribution is 0.407. The third kappa shape index (κ3) is 1.81. The third-order valence-corrected chi connectivity index (χ3v) is 4.72. The summed E-state index contributed by atoms with van der Waals surface area (Å²) >= 11 is 3.54. The van der Waals surface area contributed by atoms with Crippen LogP contribution in [0, 0.1) is 0 Å². The molecule has 19 heavy (non-hydrogen) atoms. The van der Waals surface area contributed by atoms with Crippen molar-refractivity contribution in [2.24, 2.45) is 0 Å². The molecule has 1 aliphatic carbocycles. The maximum absolute atomic E-state index is 4.90. The van der Waals surface area contributed by atoms with E-state index in [4.69, 9.17) is 5.10 Å². The maximum atomic E-state index is 4.90. The highest BCUT2D eigenvalue weighted by Crippen LogP contribution is 2.41. The number of nitrogens with zero attached hydrogens (tertiary/aromatic N) is 2. The molecule has 1 aliphatic heterocycles. The van der Waals surface area contributed by atoms with Crippen LogP contribution >= 0.6 is 15.9 Å². The average Bonchev–Trinajstić information content (AvgIpc) is 2.90. The molecule has 4 rings (SSSR count). The lowest BCUT2D eigenvalue weighted by Crippen LogP contribution is -2.12. The molecule has 98 valence electrons. The molecule has 2 heterocycles. The van der Waals surface area contributed by atoms with Gasteiger partial charge in [-0.2, -0.15) is 5.10 Å². The maximum Gasteiger partial charge on any atom is 0.133 e. The first-order chi connectivity index (χ1) is 9.33. The fourth-order valence-corrected chi connectivity index (χ4v) is 3.39. The molecule has 1 aromatic carbocycles. The molecule has 0 atom stereocenters. The molecule has 0 spiro atoms. The number of fused-ring (bicyclic) bond motifs is 1. The second kappa shape index (κ2) is 4.37. The second-order valence-electron chi connectivity index (χ2n) is 5.41. The number of halogens is 1. The molecule has 2 aromatic rings. The minimum Gasteiger partial charge on any atom is -0.369 e. The largest absolute Gasteiger partial charge is 0.369 e. The van der Waals surface area contributed by atoms with E-state index in [9.17, 15) is 0 Å². The Bertz CT molecular complexity index is 628. The van der Waals surface area contributed by atoms with E-state index in [0.717, 1.165) is 23.1 Å². The average molecular weight is 318 g/mol. The Kier molecular flexibility index (Phi) is 2.65. The second-order valence-corrected chi connectivity index (χ2v) is 6.32. The number of hydrogen-bond donors (Lipinski definition) is 1. The van der Waals surface area contributed by atoms with Gasteiger partial charge < -0.3 is 5.32 Å². The van der Waals surface area contributed by atoms with Gasteiger partial charge in [-0.15, -0.1) is 0 Å². The zero-order chi connectivity index (χ0) is 12.8. The van der Waals surface area contributed by atoms with Crippen molar-refractivity contribution in [2.45, 2.75) is 31.6 Å². The normalized spacial score (nSPS) is 17.9. The van der Waals surface area contributed by atoms with E-state index < -0.39 is 0 Å². The van der Waals surface area contributed by atoms with Gasteiger partial charge in [-0.25, -0.2) is 4.68 Å². The topological polar surface area (TPSA) is 29.9 Å². The van der Waals surface area contributed by atoms with Gasteiger partial charge in [0.2, 0.25) is 0 Å². The minimum atomic E-state index is 0.696. The fraction of sp³-hybridized carbons (Fsp3) is 0.400. The molecule has 1 saturated carbocycles. The van der Waals surface area contributed by atoms with Gasteiger partial charge in [-0.3, -0.25) is 0 Å². The summed E-state index contributed by atoms with van der Waals surface area (Å²) in [5.41, 5.74) is 3.92. The van der Waals surface area contributed by atoms with E-state index in [1.54, 1.807) is 0 Å². The lowest BCUT2D eigenvalue weighted by atomic mass is 9.81. The summed E-state index contributed by atoms with van der Waals surface area (Å²) in [6.07, 6.45) is 5.09. The minimum absolute atomic E-state index is 0.696. The first-order valence-corrected chi connectivity index (χ1v) is 7.74. The van der Waals surface area contributed by atoms with Crippen LogP contribution < -0.4 is 5.32 Å². The number of benzene rings is 1. The van der Waals surface area contributed by atoms with Crippen LogP contribution in [0.25, 0.3) is 5.69 Å². The zero-order valence-electron chi connectivity index (χ0n) is 10.7. The Balaban J connectivity index is 1.84. The van der Waals surface area contributed by atoms with Gasteiger partial charge in [0.25, 0.3) is 0 Å². The van der Waals surface area contributed by atoms with Crippen molar-refractivity contribution in [3.63, 3.8) is 0 Å². The van der Waals surface area contributed by atoms with Gasteiger partial charge in [0.1, 0.15) is 5.82 Å². The molecule has 1 N–H and O–H groups in total. The summed E-state index contributed by atoms with van der Waals surface area (Å²) in [6, 6.07) is 8.35. The van der Waals surface area contributed by atoms with Crippen molar-refractivity contribution in [3.05, 3.63) is 40.0 Å². The summed E-state index contributed by atoms with van der Waals surface area (Å²) in [5, 5.41) is 8.39. The Labute approximate surface area is 121 Å². The van der Waals surface area contributed by atoms with E-state index in [0.29, 0.717) is 5.92 Å². The SMILES string of the molecule is Brc1cccc(-n2nc(C3CCC3)c3c2NCC3)c1. The highest BCUT2D eigenvalue weighted by molar-refractivity contribution is 9.10. The highest BCUT2D eigenvalue weighted by atomic mass is 79.9. The van der Waals surface area contributed by atoms with Crippen molar-refractivity contribution in [3.8, 4) is 5.69 Å². The molecule has 3 nitrogen and oxygen atoms in total. The molecule has 4 heteroatoms. The first-order valence-electron chi connectivity index (χ1n) is 6.94. The van der Waals surface area contributed by atoms with E-state index >= 15 is 0 Å². The van der Waals surface area contributed by atoms with Crippen molar-refractivity contribution in [1.29, 1.82) is 0 Å². The lowest BCUT2D eigenvalue weighted by Gasteiger charge is -2.24. The van der Waals surface area contributed by atoms with Crippen LogP contribution in [0.5, 0.6) is 0 Å².